The molecular formula is C11H13NO2S. The van der Waals surface area contributed by atoms with Crippen LogP contribution < -0.4 is 0 Å². The van der Waals surface area contributed by atoms with Crippen molar-refractivity contribution in [2.45, 2.75) is 31.3 Å². The lowest BCUT2D eigenvalue weighted by molar-refractivity contribution is -0.150. The van der Waals surface area contributed by atoms with E-state index in [2.05, 4.69) is 4.98 Å². The number of aliphatic hydroxyl groups is 1. The molecule has 3 nitrogen and oxygen atoms in total. The Bertz CT molecular complexity index is 389. The van der Waals surface area contributed by atoms with Crippen molar-refractivity contribution in [2.24, 2.45) is 11.8 Å². The molecule has 2 bridgehead atoms. The van der Waals surface area contributed by atoms with Crippen LogP contribution in [-0.4, -0.2) is 15.9 Å². The van der Waals surface area contributed by atoms with Gasteiger partial charge in [-0.2, -0.15) is 0 Å². The highest BCUT2D eigenvalue weighted by atomic mass is 32.1. The number of carbonyl (C=O) groups is 1. The zero-order valence-corrected chi connectivity index (χ0v) is 9.17. The summed E-state index contributed by atoms with van der Waals surface area (Å²) in [6.45, 7) is 0. The van der Waals surface area contributed by atoms with Gasteiger partial charge in [0, 0.05) is 29.8 Å². The molecule has 0 aromatic carbocycles. The van der Waals surface area contributed by atoms with Gasteiger partial charge in [0.1, 0.15) is 16.4 Å². The van der Waals surface area contributed by atoms with E-state index in [4.69, 9.17) is 0 Å². The Kier molecular flexibility index (Phi) is 1.97. The van der Waals surface area contributed by atoms with Gasteiger partial charge in [0.25, 0.3) is 0 Å². The smallest absolute Gasteiger partial charge is 0.136 e. The molecule has 4 rings (SSSR count). The highest BCUT2D eigenvalue weighted by Crippen LogP contribution is 2.51. The third kappa shape index (κ3) is 1.28. The third-order valence-electron chi connectivity index (χ3n) is 3.80. The summed E-state index contributed by atoms with van der Waals surface area (Å²) < 4.78 is 0. The van der Waals surface area contributed by atoms with E-state index in [-0.39, 0.29) is 11.8 Å². The average molecular weight is 223 g/mol. The van der Waals surface area contributed by atoms with E-state index in [0.717, 1.165) is 17.8 Å². The Labute approximate surface area is 92.2 Å². The number of ketones is 1. The fraction of sp³-hybridized carbons (Fsp3) is 0.636. The number of hydrogen-bond acceptors (Lipinski definition) is 4. The summed E-state index contributed by atoms with van der Waals surface area (Å²) in [5, 5.41) is 13.3. The first-order chi connectivity index (χ1) is 7.20. The fourth-order valence-corrected chi connectivity index (χ4v) is 3.77. The molecular weight excluding hydrogens is 210 g/mol. The van der Waals surface area contributed by atoms with Gasteiger partial charge >= 0.3 is 0 Å². The molecule has 1 aromatic rings. The fourth-order valence-electron chi connectivity index (χ4n) is 2.94. The normalized spacial score (nSPS) is 39.7. The molecule has 0 amide bonds. The second-order valence-electron chi connectivity index (χ2n) is 4.61. The molecule has 3 fully saturated rings. The average Bonchev–Trinajstić information content (AvgIpc) is 2.73. The molecule has 1 aromatic heterocycles. The largest absolute Gasteiger partial charge is 0.382 e. The van der Waals surface area contributed by atoms with Gasteiger partial charge in [0.2, 0.25) is 0 Å². The Morgan fingerprint density at radius 3 is 2.93 bits per heavy atom. The van der Waals surface area contributed by atoms with Gasteiger partial charge in [0.05, 0.1) is 0 Å². The van der Waals surface area contributed by atoms with Crippen LogP contribution in [0.25, 0.3) is 0 Å². The molecule has 80 valence electrons. The maximum Gasteiger partial charge on any atom is 0.136 e. The molecule has 15 heavy (non-hydrogen) atoms. The number of fused-ring (bicyclic) bond motifs is 3. The Morgan fingerprint density at radius 2 is 2.40 bits per heavy atom. The molecule has 1 N–H and O–H groups in total. The summed E-state index contributed by atoms with van der Waals surface area (Å²) in [5.41, 5.74) is -0.814. The zero-order chi connectivity index (χ0) is 10.5. The third-order valence-corrected chi connectivity index (χ3v) is 4.74. The summed E-state index contributed by atoms with van der Waals surface area (Å²) in [6.07, 6.45) is 4.77. The second-order valence-corrected chi connectivity index (χ2v) is 5.50. The monoisotopic (exact) mass is 223 g/mol. The molecule has 1 heterocycles. The van der Waals surface area contributed by atoms with Gasteiger partial charge in [-0.05, 0) is 19.3 Å². The van der Waals surface area contributed by atoms with Crippen LogP contribution in [0.2, 0.25) is 0 Å². The minimum Gasteiger partial charge on any atom is -0.382 e. The minimum atomic E-state index is -0.814. The van der Waals surface area contributed by atoms with Gasteiger partial charge < -0.3 is 5.11 Å². The molecule has 0 saturated heterocycles. The first kappa shape index (κ1) is 9.48. The predicted molar refractivity (Wildman–Crippen MR) is 56.5 cm³/mol. The minimum absolute atomic E-state index is 0.0731. The van der Waals surface area contributed by atoms with E-state index in [1.165, 1.54) is 11.3 Å². The van der Waals surface area contributed by atoms with Crippen molar-refractivity contribution in [3.63, 3.8) is 0 Å². The van der Waals surface area contributed by atoms with Gasteiger partial charge in [-0.1, -0.05) is 0 Å². The summed E-state index contributed by atoms with van der Waals surface area (Å²) in [7, 11) is 0. The van der Waals surface area contributed by atoms with E-state index in [0.29, 0.717) is 18.6 Å². The molecule has 0 unspecified atom stereocenters. The number of rotatable bonds is 1. The number of Topliss-reactive ketones (excluding diaryl/α,β-unsaturated/α-hetero) is 1. The zero-order valence-electron chi connectivity index (χ0n) is 8.35. The Balaban J connectivity index is 1.98. The summed E-state index contributed by atoms with van der Waals surface area (Å²) in [5.74, 6) is 0.512. The van der Waals surface area contributed by atoms with Crippen molar-refractivity contribution in [1.29, 1.82) is 0 Å². The summed E-state index contributed by atoms with van der Waals surface area (Å²) in [4.78, 5) is 15.8. The van der Waals surface area contributed by atoms with Crippen LogP contribution in [-0.2, 0) is 10.4 Å². The number of carbonyl (C=O) groups excluding carboxylic acids is 1. The first-order valence-electron chi connectivity index (χ1n) is 5.35. The maximum atomic E-state index is 11.6. The van der Waals surface area contributed by atoms with Crippen LogP contribution in [0.4, 0.5) is 0 Å². The van der Waals surface area contributed by atoms with Crippen LogP contribution in [0, 0.1) is 11.8 Å². The summed E-state index contributed by atoms with van der Waals surface area (Å²) in [6, 6.07) is 0. The Morgan fingerprint density at radius 1 is 1.53 bits per heavy atom. The van der Waals surface area contributed by atoms with Gasteiger partial charge in [0.15, 0.2) is 0 Å². The molecule has 0 spiro atoms. The van der Waals surface area contributed by atoms with Crippen LogP contribution in [0.15, 0.2) is 11.6 Å². The van der Waals surface area contributed by atoms with Crippen molar-refractivity contribution in [3.8, 4) is 0 Å². The van der Waals surface area contributed by atoms with Crippen molar-refractivity contribution < 1.29 is 9.90 Å². The molecule has 0 radical (unpaired) electrons. The maximum absolute atomic E-state index is 11.6. The van der Waals surface area contributed by atoms with Crippen LogP contribution in [0.3, 0.4) is 0 Å². The molecule has 3 atom stereocenters. The van der Waals surface area contributed by atoms with Crippen molar-refractivity contribution in [2.75, 3.05) is 0 Å². The first-order valence-corrected chi connectivity index (χ1v) is 6.23. The van der Waals surface area contributed by atoms with Crippen LogP contribution >= 0.6 is 11.3 Å². The molecule has 3 saturated carbocycles. The van der Waals surface area contributed by atoms with Crippen LogP contribution in [0.1, 0.15) is 30.7 Å². The van der Waals surface area contributed by atoms with Crippen LogP contribution in [0.5, 0.6) is 0 Å². The number of nitrogens with zero attached hydrogens (tertiary/aromatic N) is 1. The second kappa shape index (κ2) is 3.12. The molecule has 4 heteroatoms. The van der Waals surface area contributed by atoms with Gasteiger partial charge in [-0.15, -0.1) is 11.3 Å². The summed E-state index contributed by atoms with van der Waals surface area (Å²) >= 11 is 1.50. The van der Waals surface area contributed by atoms with E-state index in [1.807, 2.05) is 5.38 Å². The van der Waals surface area contributed by atoms with Crippen molar-refractivity contribution >= 4 is 17.1 Å². The highest BCUT2D eigenvalue weighted by Gasteiger charge is 2.52. The lowest BCUT2D eigenvalue weighted by atomic mass is 9.61. The standard InChI is InChI=1S/C11H13NO2S/c13-9-5-8-2-1-7(9)6-11(8,14)10-12-3-4-15-10/h3-4,7-8,14H,1-2,5-6H2/t7-,8-,11+/m1/s1. The van der Waals surface area contributed by atoms with Gasteiger partial charge in [-0.3, -0.25) is 4.79 Å². The molecule has 3 aliphatic carbocycles. The lowest BCUT2D eigenvalue weighted by Gasteiger charge is -2.46. The van der Waals surface area contributed by atoms with E-state index in [1.54, 1.807) is 6.20 Å². The number of hydrogen-bond donors (Lipinski definition) is 1. The molecule has 0 aliphatic heterocycles. The van der Waals surface area contributed by atoms with Gasteiger partial charge in [-0.25, -0.2) is 4.98 Å². The van der Waals surface area contributed by atoms with E-state index < -0.39 is 5.60 Å². The SMILES string of the molecule is O=C1C[C@H]2CC[C@@H]1C[C@@]2(O)c1nccs1. The van der Waals surface area contributed by atoms with Crippen molar-refractivity contribution in [1.82, 2.24) is 4.98 Å². The van der Waals surface area contributed by atoms with E-state index in [9.17, 15) is 9.90 Å². The highest BCUT2D eigenvalue weighted by molar-refractivity contribution is 7.09. The Hall–Kier alpha value is -0.740. The number of thiazole rings is 1. The molecule has 3 aliphatic rings. The number of aromatic nitrogens is 1. The van der Waals surface area contributed by atoms with E-state index >= 15 is 0 Å². The topological polar surface area (TPSA) is 50.2 Å². The van der Waals surface area contributed by atoms with Crippen molar-refractivity contribution in [3.05, 3.63) is 16.6 Å². The predicted octanol–water partition coefficient (Wildman–Crippen LogP) is 1.72. The quantitative estimate of drug-likeness (QED) is 0.788. The lowest BCUT2D eigenvalue weighted by Crippen LogP contribution is -2.49.